The molecule has 0 fully saturated rings. The fraction of sp³-hybridized carbons (Fsp3) is 0.500. The van der Waals surface area contributed by atoms with Crippen molar-refractivity contribution in [1.82, 2.24) is 0 Å². The third-order valence-corrected chi connectivity index (χ3v) is 3.10. The van der Waals surface area contributed by atoms with Crippen LogP contribution in [0.15, 0.2) is 24.3 Å². The Balaban J connectivity index is 0.000000183. The summed E-state index contributed by atoms with van der Waals surface area (Å²) in [5, 5.41) is 0. The monoisotopic (exact) mass is 170 g/mol. The Morgan fingerprint density at radius 1 is 1.18 bits per heavy atom. The molecular weight excluding hydrogens is 152 g/mol. The van der Waals surface area contributed by atoms with E-state index in [1.165, 1.54) is 11.5 Å². The highest BCUT2D eigenvalue weighted by atomic mass is 32.2. The van der Waals surface area contributed by atoms with Crippen LogP contribution in [0.3, 0.4) is 0 Å². The van der Waals surface area contributed by atoms with Crippen molar-refractivity contribution in [2.24, 2.45) is 0 Å². The van der Waals surface area contributed by atoms with E-state index in [-0.39, 0.29) is 0 Å². The number of hydrogen-bond acceptors (Lipinski definition) is 0. The Bertz CT molecular complexity index is 138. The topological polar surface area (TPSA) is 0 Å². The molecule has 1 aliphatic carbocycles. The Morgan fingerprint density at radius 3 is 1.73 bits per heavy atom. The predicted octanol–water partition coefficient (Wildman–Crippen LogP) is 3.23. The third-order valence-electron chi connectivity index (χ3n) is 1.47. The van der Waals surface area contributed by atoms with E-state index in [1.54, 1.807) is 0 Å². The maximum Gasteiger partial charge on any atom is -0.0151 e. The summed E-state index contributed by atoms with van der Waals surface area (Å²) in [5.41, 5.74) is 0. The molecule has 0 aromatic heterocycles. The third kappa shape index (κ3) is 7.60. The zero-order valence-corrected chi connectivity index (χ0v) is 8.36. The van der Waals surface area contributed by atoms with Crippen LogP contribution in [0.2, 0.25) is 0 Å². The second-order valence-corrected chi connectivity index (χ2v) is 4.66. The van der Waals surface area contributed by atoms with Crippen LogP contribution in [0.4, 0.5) is 0 Å². The molecule has 11 heavy (non-hydrogen) atoms. The first-order chi connectivity index (χ1) is 5.31. The van der Waals surface area contributed by atoms with Gasteiger partial charge in [-0.15, -0.1) is 0 Å². The molecule has 1 rings (SSSR count). The van der Waals surface area contributed by atoms with Gasteiger partial charge in [-0.1, -0.05) is 44.0 Å². The lowest BCUT2D eigenvalue weighted by Gasteiger charge is -1.92. The molecule has 0 saturated carbocycles. The van der Waals surface area contributed by atoms with Crippen LogP contribution in [0.1, 0.15) is 20.3 Å². The van der Waals surface area contributed by atoms with Crippen molar-refractivity contribution in [3.8, 4) is 0 Å². The van der Waals surface area contributed by atoms with E-state index >= 15 is 0 Å². The SMILES string of the molecule is C1=CCC=C1.C=S(CC)CC. The molecule has 0 N–H and O–H groups in total. The average molecular weight is 170 g/mol. The molecule has 0 radical (unpaired) electrons. The van der Waals surface area contributed by atoms with Gasteiger partial charge in [0, 0.05) is 0 Å². The van der Waals surface area contributed by atoms with E-state index in [4.69, 9.17) is 0 Å². The summed E-state index contributed by atoms with van der Waals surface area (Å²) in [6.45, 7) is 4.36. The Hall–Kier alpha value is -0.300. The standard InChI is InChI=1S/C5H12S.C5H6/c1-4-6(3)5-2;1-2-4-5-3-1/h3-5H2,1-2H3;1-4H,5H2. The van der Waals surface area contributed by atoms with Gasteiger partial charge in [0.2, 0.25) is 0 Å². The molecule has 0 nitrogen and oxygen atoms in total. The minimum Gasteiger partial charge on any atom is -0.194 e. The summed E-state index contributed by atoms with van der Waals surface area (Å²) in [7, 11) is 0.466. The summed E-state index contributed by atoms with van der Waals surface area (Å²) in [4.78, 5) is 0. The second-order valence-electron chi connectivity index (χ2n) is 2.28. The van der Waals surface area contributed by atoms with Gasteiger partial charge in [0.05, 0.1) is 0 Å². The van der Waals surface area contributed by atoms with E-state index in [2.05, 4.69) is 44.0 Å². The maximum atomic E-state index is 3.90. The molecule has 64 valence electrons. The Labute approximate surface area is 72.9 Å². The molecule has 0 saturated heterocycles. The van der Waals surface area contributed by atoms with Gasteiger partial charge in [-0.25, -0.2) is 0 Å². The minimum absolute atomic E-state index is 0.466. The van der Waals surface area contributed by atoms with E-state index in [9.17, 15) is 0 Å². The lowest BCUT2D eigenvalue weighted by Crippen LogP contribution is -1.72. The van der Waals surface area contributed by atoms with Gasteiger partial charge in [0.25, 0.3) is 0 Å². The van der Waals surface area contributed by atoms with E-state index in [0.717, 1.165) is 6.42 Å². The Morgan fingerprint density at radius 2 is 1.64 bits per heavy atom. The van der Waals surface area contributed by atoms with Gasteiger partial charge >= 0.3 is 0 Å². The molecular formula is C10H18S. The molecule has 0 spiro atoms. The van der Waals surface area contributed by atoms with Crippen LogP contribution in [-0.2, 0) is 0 Å². The highest BCUT2D eigenvalue weighted by Gasteiger charge is 1.75. The quantitative estimate of drug-likeness (QED) is 0.558. The molecule has 0 unspecified atom stereocenters. The summed E-state index contributed by atoms with van der Waals surface area (Å²) in [5.74, 6) is 6.40. The molecule has 0 aromatic rings. The number of allylic oxidation sites excluding steroid dienone is 4. The number of hydrogen-bond donors (Lipinski definition) is 0. The fourth-order valence-electron chi connectivity index (χ4n) is 0.597. The molecule has 0 amide bonds. The summed E-state index contributed by atoms with van der Waals surface area (Å²) in [6, 6.07) is 0. The lowest BCUT2D eigenvalue weighted by atomic mass is 10.5. The van der Waals surface area contributed by atoms with Gasteiger partial charge in [0.1, 0.15) is 0 Å². The van der Waals surface area contributed by atoms with E-state index < -0.39 is 0 Å². The van der Waals surface area contributed by atoms with Crippen LogP contribution in [0.25, 0.3) is 0 Å². The molecule has 0 heterocycles. The lowest BCUT2D eigenvalue weighted by molar-refractivity contribution is 1.45. The largest absolute Gasteiger partial charge is 0.194 e. The van der Waals surface area contributed by atoms with E-state index in [1.807, 2.05) is 0 Å². The average Bonchev–Trinajstić information content (AvgIpc) is 2.60. The highest BCUT2D eigenvalue weighted by molar-refractivity contribution is 8.14. The van der Waals surface area contributed by atoms with Crippen LogP contribution < -0.4 is 0 Å². The van der Waals surface area contributed by atoms with Crippen LogP contribution in [-0.4, -0.2) is 17.4 Å². The van der Waals surface area contributed by atoms with Crippen molar-refractivity contribution < 1.29 is 0 Å². The zero-order valence-electron chi connectivity index (χ0n) is 7.55. The van der Waals surface area contributed by atoms with Crippen molar-refractivity contribution in [3.63, 3.8) is 0 Å². The van der Waals surface area contributed by atoms with Gasteiger partial charge in [-0.2, -0.15) is 10.5 Å². The Kier molecular flexibility index (Phi) is 7.59. The van der Waals surface area contributed by atoms with Crippen molar-refractivity contribution >= 4 is 16.4 Å². The first kappa shape index (κ1) is 10.7. The molecule has 0 aliphatic heterocycles. The predicted molar refractivity (Wildman–Crippen MR) is 58.7 cm³/mol. The molecule has 1 heteroatoms. The second kappa shape index (κ2) is 7.80. The molecule has 1 aliphatic rings. The first-order valence-corrected chi connectivity index (χ1v) is 5.83. The van der Waals surface area contributed by atoms with Crippen molar-refractivity contribution in [1.29, 1.82) is 0 Å². The number of rotatable bonds is 2. The van der Waals surface area contributed by atoms with Gasteiger partial charge < -0.3 is 0 Å². The maximum absolute atomic E-state index is 3.90. The van der Waals surface area contributed by atoms with Crippen molar-refractivity contribution in [2.45, 2.75) is 20.3 Å². The van der Waals surface area contributed by atoms with Crippen molar-refractivity contribution in [3.05, 3.63) is 24.3 Å². The van der Waals surface area contributed by atoms with Gasteiger partial charge in [-0.3, -0.25) is 0 Å². The smallest absolute Gasteiger partial charge is 0.0151 e. The minimum atomic E-state index is 0.466. The van der Waals surface area contributed by atoms with Gasteiger partial charge in [-0.05, 0) is 17.9 Å². The zero-order chi connectivity index (χ0) is 8.53. The fourth-order valence-corrected chi connectivity index (χ4v) is 1.01. The molecule has 0 atom stereocenters. The summed E-state index contributed by atoms with van der Waals surface area (Å²) >= 11 is 0. The van der Waals surface area contributed by atoms with Crippen LogP contribution >= 0.6 is 10.5 Å². The highest BCUT2D eigenvalue weighted by Crippen LogP contribution is 2.04. The molecule has 0 aromatic carbocycles. The van der Waals surface area contributed by atoms with Crippen LogP contribution in [0, 0.1) is 0 Å². The summed E-state index contributed by atoms with van der Waals surface area (Å²) < 4.78 is 0. The first-order valence-electron chi connectivity index (χ1n) is 4.10. The van der Waals surface area contributed by atoms with E-state index in [0.29, 0.717) is 10.5 Å². The normalized spacial score (nSPS) is 13.4. The van der Waals surface area contributed by atoms with Crippen LogP contribution in [0.5, 0.6) is 0 Å². The summed E-state index contributed by atoms with van der Waals surface area (Å²) in [6.07, 6.45) is 9.50. The molecule has 0 bridgehead atoms. The van der Waals surface area contributed by atoms with Crippen molar-refractivity contribution in [2.75, 3.05) is 11.5 Å². The van der Waals surface area contributed by atoms with Gasteiger partial charge in [0.15, 0.2) is 0 Å².